The van der Waals surface area contributed by atoms with Crippen LogP contribution in [0.1, 0.15) is 25.7 Å². The second-order valence-corrected chi connectivity index (χ2v) is 5.42. The summed E-state index contributed by atoms with van der Waals surface area (Å²) < 4.78 is 0. The Balaban J connectivity index is 2.11. The van der Waals surface area contributed by atoms with Gasteiger partial charge < -0.3 is 10.4 Å². The molecule has 94 valence electrons. The van der Waals surface area contributed by atoms with Crippen LogP contribution in [0.5, 0.6) is 0 Å². The third-order valence-electron chi connectivity index (χ3n) is 2.85. The van der Waals surface area contributed by atoms with Crippen LogP contribution < -0.4 is 5.32 Å². The van der Waals surface area contributed by atoms with E-state index in [1.165, 1.54) is 16.9 Å². The number of carboxylic acid groups (broad SMARTS) is 1. The number of nitrogens with one attached hydrogen (secondary N) is 1. The van der Waals surface area contributed by atoms with Gasteiger partial charge in [-0.2, -0.15) is 0 Å². The Morgan fingerprint density at radius 3 is 2.67 bits per heavy atom. The maximum atomic E-state index is 10.9. The average molecular weight is 261 g/mol. The highest BCUT2D eigenvalue weighted by molar-refractivity contribution is 7.14. The van der Waals surface area contributed by atoms with Gasteiger partial charge in [-0.1, -0.05) is 18.2 Å². The van der Waals surface area contributed by atoms with Crippen molar-refractivity contribution in [3.63, 3.8) is 0 Å². The molecule has 1 aromatic heterocycles. The molecule has 0 spiro atoms. The summed E-state index contributed by atoms with van der Waals surface area (Å²) in [5.74, 6) is -0.856. The number of hydrogen-bond acceptors (Lipinski definition) is 3. The summed E-state index contributed by atoms with van der Waals surface area (Å²) in [5.41, 5.74) is 3.31. The third-order valence-corrected chi connectivity index (χ3v) is 3.93. The van der Waals surface area contributed by atoms with Crippen molar-refractivity contribution in [3.8, 4) is 0 Å². The van der Waals surface area contributed by atoms with E-state index in [0.29, 0.717) is 11.4 Å². The van der Waals surface area contributed by atoms with Crippen LogP contribution in [0.25, 0.3) is 0 Å². The Bertz CT molecular complexity index is 575. The molecule has 0 bridgehead atoms. The standard InChI is InChI=1S/C14H15NO2S/c1-9-5-3-4-6-12(9)15-8-11-7-13(14(16)17)18-10(11)2/h3-7,15H,8H2,1-2H3,(H,16,17). The molecule has 1 aromatic carbocycles. The van der Waals surface area contributed by atoms with Crippen molar-refractivity contribution in [3.05, 3.63) is 51.2 Å². The average Bonchev–Trinajstić information content (AvgIpc) is 2.70. The topological polar surface area (TPSA) is 49.3 Å². The number of hydrogen-bond donors (Lipinski definition) is 2. The van der Waals surface area contributed by atoms with E-state index >= 15 is 0 Å². The molecule has 0 unspecified atom stereocenters. The minimum atomic E-state index is -0.856. The first-order chi connectivity index (χ1) is 8.58. The molecule has 0 atom stereocenters. The number of aromatic carboxylic acids is 1. The molecule has 18 heavy (non-hydrogen) atoms. The van der Waals surface area contributed by atoms with E-state index in [2.05, 4.69) is 5.32 Å². The molecule has 2 rings (SSSR count). The van der Waals surface area contributed by atoms with Crippen molar-refractivity contribution in [2.45, 2.75) is 20.4 Å². The third kappa shape index (κ3) is 2.71. The van der Waals surface area contributed by atoms with E-state index in [9.17, 15) is 4.79 Å². The predicted molar refractivity (Wildman–Crippen MR) is 74.5 cm³/mol. The number of carbonyl (C=O) groups is 1. The van der Waals surface area contributed by atoms with Crippen LogP contribution in [0.4, 0.5) is 5.69 Å². The molecule has 0 aliphatic carbocycles. The number of para-hydroxylation sites is 1. The van der Waals surface area contributed by atoms with Gasteiger partial charge in [0.2, 0.25) is 0 Å². The van der Waals surface area contributed by atoms with Crippen molar-refractivity contribution in [2.75, 3.05) is 5.32 Å². The van der Waals surface area contributed by atoms with E-state index < -0.39 is 5.97 Å². The van der Waals surface area contributed by atoms with Crippen LogP contribution in [0.15, 0.2) is 30.3 Å². The van der Waals surface area contributed by atoms with Crippen molar-refractivity contribution in [1.82, 2.24) is 0 Å². The minimum Gasteiger partial charge on any atom is -0.477 e. The summed E-state index contributed by atoms with van der Waals surface area (Å²) in [6.45, 7) is 4.65. The zero-order valence-corrected chi connectivity index (χ0v) is 11.2. The number of benzene rings is 1. The lowest BCUT2D eigenvalue weighted by Crippen LogP contribution is -2.01. The number of carboxylic acids is 1. The molecule has 2 N–H and O–H groups in total. The SMILES string of the molecule is Cc1ccccc1NCc1cc(C(=O)O)sc1C. The van der Waals surface area contributed by atoms with Gasteiger partial charge in [-0.15, -0.1) is 11.3 Å². The monoisotopic (exact) mass is 261 g/mol. The Kier molecular flexibility index (Phi) is 3.67. The molecule has 0 saturated heterocycles. The van der Waals surface area contributed by atoms with E-state index in [0.717, 1.165) is 16.1 Å². The number of rotatable bonds is 4. The normalized spacial score (nSPS) is 10.3. The van der Waals surface area contributed by atoms with E-state index in [1.807, 2.05) is 38.1 Å². The number of anilines is 1. The maximum Gasteiger partial charge on any atom is 0.345 e. The largest absolute Gasteiger partial charge is 0.477 e. The fourth-order valence-corrected chi connectivity index (χ4v) is 2.64. The number of thiophene rings is 1. The van der Waals surface area contributed by atoms with Gasteiger partial charge in [0.15, 0.2) is 0 Å². The fraction of sp³-hybridized carbons (Fsp3) is 0.214. The van der Waals surface area contributed by atoms with Crippen LogP contribution in [-0.2, 0) is 6.54 Å². The van der Waals surface area contributed by atoms with Gasteiger partial charge in [-0.25, -0.2) is 4.79 Å². The summed E-state index contributed by atoms with van der Waals surface area (Å²) in [7, 11) is 0. The Hall–Kier alpha value is -1.81. The molecule has 0 saturated carbocycles. The Labute approximate surface area is 110 Å². The smallest absolute Gasteiger partial charge is 0.345 e. The first-order valence-corrected chi connectivity index (χ1v) is 6.51. The van der Waals surface area contributed by atoms with Crippen LogP contribution >= 0.6 is 11.3 Å². The fourth-order valence-electron chi connectivity index (χ4n) is 1.76. The van der Waals surface area contributed by atoms with Crippen molar-refractivity contribution in [1.29, 1.82) is 0 Å². The first kappa shape index (κ1) is 12.6. The minimum absolute atomic E-state index is 0.397. The van der Waals surface area contributed by atoms with Crippen LogP contribution in [0, 0.1) is 13.8 Å². The molecular weight excluding hydrogens is 246 g/mol. The highest BCUT2D eigenvalue weighted by Crippen LogP contribution is 2.23. The second kappa shape index (κ2) is 5.23. The van der Waals surface area contributed by atoms with Gasteiger partial charge in [0.05, 0.1) is 0 Å². The van der Waals surface area contributed by atoms with Gasteiger partial charge in [0.1, 0.15) is 4.88 Å². The van der Waals surface area contributed by atoms with E-state index in [4.69, 9.17) is 5.11 Å². The summed E-state index contributed by atoms with van der Waals surface area (Å²) in [6, 6.07) is 9.80. The molecule has 0 fully saturated rings. The van der Waals surface area contributed by atoms with Crippen molar-refractivity contribution in [2.24, 2.45) is 0 Å². The quantitative estimate of drug-likeness (QED) is 0.882. The van der Waals surface area contributed by atoms with E-state index in [1.54, 1.807) is 6.07 Å². The van der Waals surface area contributed by atoms with Gasteiger partial charge in [0, 0.05) is 17.1 Å². The molecule has 0 aliphatic rings. The first-order valence-electron chi connectivity index (χ1n) is 5.70. The molecule has 3 nitrogen and oxygen atoms in total. The molecule has 0 amide bonds. The zero-order valence-electron chi connectivity index (χ0n) is 10.4. The summed E-state index contributed by atoms with van der Waals surface area (Å²) in [5, 5.41) is 12.3. The van der Waals surface area contributed by atoms with Gasteiger partial charge in [-0.3, -0.25) is 0 Å². The highest BCUT2D eigenvalue weighted by Gasteiger charge is 2.10. The van der Waals surface area contributed by atoms with Gasteiger partial charge in [0.25, 0.3) is 0 Å². The number of aryl methyl sites for hydroxylation is 2. The van der Waals surface area contributed by atoms with Gasteiger partial charge >= 0.3 is 5.97 Å². The second-order valence-electron chi connectivity index (χ2n) is 4.17. The van der Waals surface area contributed by atoms with E-state index in [-0.39, 0.29) is 0 Å². The molecule has 0 aliphatic heterocycles. The van der Waals surface area contributed by atoms with Crippen LogP contribution in [0.2, 0.25) is 0 Å². The summed E-state index contributed by atoms with van der Waals surface area (Å²) in [4.78, 5) is 12.3. The maximum absolute atomic E-state index is 10.9. The van der Waals surface area contributed by atoms with Crippen molar-refractivity contribution < 1.29 is 9.90 Å². The summed E-state index contributed by atoms with van der Waals surface area (Å²) in [6.07, 6.45) is 0. The van der Waals surface area contributed by atoms with Gasteiger partial charge in [-0.05, 0) is 37.1 Å². The molecule has 2 aromatic rings. The van der Waals surface area contributed by atoms with Crippen molar-refractivity contribution >= 4 is 23.0 Å². The molecule has 1 heterocycles. The zero-order chi connectivity index (χ0) is 13.1. The highest BCUT2D eigenvalue weighted by atomic mass is 32.1. The Morgan fingerprint density at radius 1 is 1.33 bits per heavy atom. The van der Waals surface area contributed by atoms with Crippen LogP contribution in [-0.4, -0.2) is 11.1 Å². The molecular formula is C14H15NO2S. The lowest BCUT2D eigenvalue weighted by molar-refractivity contribution is 0.0702. The van der Waals surface area contributed by atoms with Crippen LogP contribution in [0.3, 0.4) is 0 Å². The lowest BCUT2D eigenvalue weighted by Gasteiger charge is -2.08. The lowest BCUT2D eigenvalue weighted by atomic mass is 10.2. The predicted octanol–water partition coefficient (Wildman–Crippen LogP) is 3.68. The molecule has 4 heteroatoms. The summed E-state index contributed by atoms with van der Waals surface area (Å²) >= 11 is 1.32. The Morgan fingerprint density at radius 2 is 2.06 bits per heavy atom. The molecule has 0 radical (unpaired) electrons.